The highest BCUT2D eigenvalue weighted by molar-refractivity contribution is 5.80. The average molecular weight is 240 g/mol. The Morgan fingerprint density at radius 3 is 2.47 bits per heavy atom. The van der Waals surface area contributed by atoms with Crippen LogP contribution in [0, 0.1) is 11.8 Å². The zero-order chi connectivity index (χ0) is 12.6. The number of carbonyl (C=O) groups excluding carboxylic acids is 1. The summed E-state index contributed by atoms with van der Waals surface area (Å²) in [6.07, 6.45) is 0.247. The van der Waals surface area contributed by atoms with E-state index in [2.05, 4.69) is 26.1 Å². The van der Waals surface area contributed by atoms with Crippen LogP contribution in [0.3, 0.4) is 0 Å². The zero-order valence-electron chi connectivity index (χ0n) is 11.3. The molecule has 0 aliphatic carbocycles. The Kier molecular flexibility index (Phi) is 3.73. The summed E-state index contributed by atoms with van der Waals surface area (Å²) in [4.78, 5) is 14.5. The lowest BCUT2D eigenvalue weighted by Crippen LogP contribution is -2.54. The average Bonchev–Trinajstić information content (AvgIpc) is 2.52. The number of hydrogen-bond donors (Lipinski definition) is 1. The van der Waals surface area contributed by atoms with Gasteiger partial charge in [0.1, 0.15) is 0 Å². The summed E-state index contributed by atoms with van der Waals surface area (Å²) in [5.74, 6) is 0.640. The molecule has 0 aromatic rings. The summed E-state index contributed by atoms with van der Waals surface area (Å²) in [6.45, 7) is 10.9. The smallest absolute Gasteiger partial charge is 0.228 e. The molecule has 4 unspecified atom stereocenters. The quantitative estimate of drug-likeness (QED) is 0.739. The lowest BCUT2D eigenvalue weighted by Gasteiger charge is -2.35. The van der Waals surface area contributed by atoms with Gasteiger partial charge in [-0.25, -0.2) is 0 Å². The Labute approximate surface area is 104 Å². The van der Waals surface area contributed by atoms with Crippen LogP contribution >= 0.6 is 0 Å². The predicted octanol–water partition coefficient (Wildman–Crippen LogP) is 0.866. The van der Waals surface area contributed by atoms with E-state index in [9.17, 15) is 4.79 Å². The molecule has 1 N–H and O–H groups in total. The maximum atomic E-state index is 12.5. The first-order chi connectivity index (χ1) is 8.00. The van der Waals surface area contributed by atoms with Gasteiger partial charge in [-0.1, -0.05) is 6.92 Å². The molecule has 2 fully saturated rings. The predicted molar refractivity (Wildman–Crippen MR) is 66.7 cm³/mol. The Morgan fingerprint density at radius 1 is 1.24 bits per heavy atom. The first-order valence-electron chi connectivity index (χ1n) is 6.68. The van der Waals surface area contributed by atoms with Gasteiger partial charge in [-0.2, -0.15) is 0 Å². The Bertz CT molecular complexity index is 295. The van der Waals surface area contributed by atoms with E-state index in [4.69, 9.17) is 4.74 Å². The third kappa shape index (κ3) is 2.47. The van der Waals surface area contributed by atoms with Crippen LogP contribution in [-0.4, -0.2) is 48.7 Å². The van der Waals surface area contributed by atoms with E-state index in [0.29, 0.717) is 12.0 Å². The van der Waals surface area contributed by atoms with Crippen molar-refractivity contribution in [3.05, 3.63) is 0 Å². The van der Waals surface area contributed by atoms with Crippen molar-refractivity contribution in [3.8, 4) is 0 Å². The summed E-state index contributed by atoms with van der Waals surface area (Å²) < 4.78 is 5.76. The second kappa shape index (κ2) is 4.94. The fraction of sp³-hybridized carbons (Fsp3) is 0.923. The first-order valence-corrected chi connectivity index (χ1v) is 6.68. The van der Waals surface area contributed by atoms with Gasteiger partial charge in [0.15, 0.2) is 0 Å². The number of rotatable bonds is 1. The van der Waals surface area contributed by atoms with Gasteiger partial charge in [-0.05, 0) is 26.7 Å². The number of piperazine rings is 1. The van der Waals surface area contributed by atoms with E-state index < -0.39 is 0 Å². The number of nitrogens with one attached hydrogen (secondary N) is 1. The summed E-state index contributed by atoms with van der Waals surface area (Å²) in [5, 5.41) is 3.36. The van der Waals surface area contributed by atoms with Gasteiger partial charge in [0, 0.05) is 25.7 Å². The van der Waals surface area contributed by atoms with Crippen LogP contribution in [0.25, 0.3) is 0 Å². The molecule has 2 saturated heterocycles. The second-order valence-electron chi connectivity index (χ2n) is 5.57. The standard InChI is InChI=1S/C13H24N2O2/c1-8-7-15(6-5-14-8)13(16)12-9(2)10(3)17-11(12)4/h8-12,14H,5-7H2,1-4H3/t8-,9?,10?,11?,12?/m0/s1. The molecule has 4 heteroatoms. The zero-order valence-corrected chi connectivity index (χ0v) is 11.3. The van der Waals surface area contributed by atoms with E-state index >= 15 is 0 Å². The molecule has 2 rings (SSSR count). The normalized spacial score (nSPS) is 42.8. The van der Waals surface area contributed by atoms with Crippen molar-refractivity contribution in [1.82, 2.24) is 10.2 Å². The van der Waals surface area contributed by atoms with Crippen molar-refractivity contribution < 1.29 is 9.53 Å². The van der Waals surface area contributed by atoms with E-state index in [1.165, 1.54) is 0 Å². The number of amides is 1. The van der Waals surface area contributed by atoms with Crippen LogP contribution in [-0.2, 0) is 9.53 Å². The summed E-state index contributed by atoms with van der Waals surface area (Å²) >= 11 is 0. The molecule has 5 atom stereocenters. The lowest BCUT2D eigenvalue weighted by molar-refractivity contribution is -0.139. The van der Waals surface area contributed by atoms with Crippen LogP contribution in [0.1, 0.15) is 27.7 Å². The van der Waals surface area contributed by atoms with Crippen LogP contribution in [0.15, 0.2) is 0 Å². The van der Waals surface area contributed by atoms with Crippen molar-refractivity contribution in [3.63, 3.8) is 0 Å². The molecule has 4 nitrogen and oxygen atoms in total. The maximum absolute atomic E-state index is 12.5. The van der Waals surface area contributed by atoms with Crippen LogP contribution in [0.5, 0.6) is 0 Å². The fourth-order valence-electron chi connectivity index (χ4n) is 3.04. The van der Waals surface area contributed by atoms with Crippen molar-refractivity contribution in [2.75, 3.05) is 19.6 Å². The minimum Gasteiger partial charge on any atom is -0.374 e. The molecule has 2 heterocycles. The minimum absolute atomic E-state index is 0.0373. The third-order valence-electron chi connectivity index (χ3n) is 4.21. The molecule has 0 aromatic carbocycles. The highest BCUT2D eigenvalue weighted by atomic mass is 16.5. The molecule has 0 radical (unpaired) electrons. The van der Waals surface area contributed by atoms with Crippen LogP contribution in [0.4, 0.5) is 0 Å². The van der Waals surface area contributed by atoms with Crippen molar-refractivity contribution in [2.24, 2.45) is 11.8 Å². The minimum atomic E-state index is 0.0373. The summed E-state index contributed by atoms with van der Waals surface area (Å²) in [5.41, 5.74) is 0. The van der Waals surface area contributed by atoms with Crippen LogP contribution in [0.2, 0.25) is 0 Å². The van der Waals surface area contributed by atoms with Gasteiger partial charge in [-0.15, -0.1) is 0 Å². The largest absolute Gasteiger partial charge is 0.374 e. The third-order valence-corrected chi connectivity index (χ3v) is 4.21. The van der Waals surface area contributed by atoms with Gasteiger partial charge in [0.2, 0.25) is 5.91 Å². The molecule has 98 valence electrons. The summed E-state index contributed by atoms with van der Waals surface area (Å²) in [6, 6.07) is 0.401. The number of carbonyl (C=O) groups is 1. The van der Waals surface area contributed by atoms with Crippen molar-refractivity contribution >= 4 is 5.91 Å². The van der Waals surface area contributed by atoms with E-state index in [1.807, 2.05) is 11.8 Å². The Balaban J connectivity index is 2.04. The van der Waals surface area contributed by atoms with Gasteiger partial charge < -0.3 is 15.0 Å². The van der Waals surface area contributed by atoms with Gasteiger partial charge in [0.25, 0.3) is 0 Å². The molecular formula is C13H24N2O2. The van der Waals surface area contributed by atoms with Crippen molar-refractivity contribution in [2.45, 2.75) is 45.9 Å². The van der Waals surface area contributed by atoms with Gasteiger partial charge >= 0.3 is 0 Å². The van der Waals surface area contributed by atoms with Gasteiger partial charge in [0.05, 0.1) is 18.1 Å². The molecule has 0 aromatic heterocycles. The topological polar surface area (TPSA) is 41.6 Å². The Hall–Kier alpha value is -0.610. The number of hydrogen-bond acceptors (Lipinski definition) is 3. The van der Waals surface area contributed by atoms with E-state index in [-0.39, 0.29) is 24.0 Å². The number of ether oxygens (including phenoxy) is 1. The van der Waals surface area contributed by atoms with E-state index in [0.717, 1.165) is 19.6 Å². The maximum Gasteiger partial charge on any atom is 0.228 e. The lowest BCUT2D eigenvalue weighted by atomic mass is 9.88. The highest BCUT2D eigenvalue weighted by Crippen LogP contribution is 2.33. The number of nitrogens with zero attached hydrogens (tertiary/aromatic N) is 1. The Morgan fingerprint density at radius 2 is 1.94 bits per heavy atom. The molecule has 0 saturated carbocycles. The molecule has 0 spiro atoms. The first kappa shape index (κ1) is 12.8. The highest BCUT2D eigenvalue weighted by Gasteiger charge is 2.43. The van der Waals surface area contributed by atoms with Crippen LogP contribution < -0.4 is 5.32 Å². The van der Waals surface area contributed by atoms with Crippen molar-refractivity contribution in [1.29, 1.82) is 0 Å². The fourth-order valence-corrected chi connectivity index (χ4v) is 3.04. The molecule has 0 bridgehead atoms. The SMILES string of the molecule is CC1OC(C)C(C(=O)N2CCN[C@@H](C)C2)C1C. The monoisotopic (exact) mass is 240 g/mol. The molecular weight excluding hydrogens is 216 g/mol. The molecule has 17 heavy (non-hydrogen) atoms. The second-order valence-corrected chi connectivity index (χ2v) is 5.57. The molecule has 2 aliphatic heterocycles. The van der Waals surface area contributed by atoms with E-state index in [1.54, 1.807) is 0 Å². The van der Waals surface area contributed by atoms with Gasteiger partial charge in [-0.3, -0.25) is 4.79 Å². The molecule has 2 aliphatic rings. The summed E-state index contributed by atoms with van der Waals surface area (Å²) in [7, 11) is 0. The molecule has 1 amide bonds.